The van der Waals surface area contributed by atoms with E-state index in [9.17, 15) is 0 Å². The molecule has 0 saturated carbocycles. The SMILES string of the molecule is COc1cc(OC)cc(N2CCC(Nc3nc(-c4ccncc4)nc4c3CCC4)C2)c1. The van der Waals surface area contributed by atoms with E-state index >= 15 is 0 Å². The van der Waals surface area contributed by atoms with E-state index in [1.807, 2.05) is 18.2 Å². The Morgan fingerprint density at radius 2 is 1.77 bits per heavy atom. The van der Waals surface area contributed by atoms with E-state index in [1.54, 1.807) is 26.6 Å². The van der Waals surface area contributed by atoms with E-state index in [0.717, 1.165) is 73.2 Å². The van der Waals surface area contributed by atoms with Crippen molar-refractivity contribution < 1.29 is 9.47 Å². The molecule has 0 amide bonds. The lowest BCUT2D eigenvalue weighted by molar-refractivity contribution is 0.394. The highest BCUT2D eigenvalue weighted by molar-refractivity contribution is 5.61. The van der Waals surface area contributed by atoms with Gasteiger partial charge in [-0.25, -0.2) is 9.97 Å². The van der Waals surface area contributed by atoms with Crippen LogP contribution in [0.4, 0.5) is 11.5 Å². The Labute approximate surface area is 182 Å². The van der Waals surface area contributed by atoms with Crippen molar-refractivity contribution in [2.24, 2.45) is 0 Å². The zero-order chi connectivity index (χ0) is 21.2. The Morgan fingerprint density at radius 3 is 2.52 bits per heavy atom. The van der Waals surface area contributed by atoms with Crippen LogP contribution in [0.1, 0.15) is 24.1 Å². The van der Waals surface area contributed by atoms with Crippen LogP contribution in [0.25, 0.3) is 11.4 Å². The summed E-state index contributed by atoms with van der Waals surface area (Å²) in [4.78, 5) is 16.2. The smallest absolute Gasteiger partial charge is 0.161 e. The minimum atomic E-state index is 0.321. The van der Waals surface area contributed by atoms with Crippen LogP contribution in [-0.4, -0.2) is 48.3 Å². The van der Waals surface area contributed by atoms with Gasteiger partial charge in [-0.3, -0.25) is 4.98 Å². The summed E-state index contributed by atoms with van der Waals surface area (Å²) in [5, 5.41) is 3.74. The number of hydrogen-bond acceptors (Lipinski definition) is 7. The number of ether oxygens (including phenoxy) is 2. The lowest BCUT2D eigenvalue weighted by Gasteiger charge is -2.21. The van der Waals surface area contributed by atoms with Crippen LogP contribution >= 0.6 is 0 Å². The number of methoxy groups -OCH3 is 2. The average molecular weight is 418 g/mol. The third-order valence-corrected chi connectivity index (χ3v) is 6.10. The van der Waals surface area contributed by atoms with E-state index in [4.69, 9.17) is 19.4 Å². The lowest BCUT2D eigenvalue weighted by atomic mass is 10.2. The molecule has 0 spiro atoms. The summed E-state index contributed by atoms with van der Waals surface area (Å²) in [5.41, 5.74) is 4.58. The number of aryl methyl sites for hydroxylation is 1. The molecular weight excluding hydrogens is 390 g/mol. The van der Waals surface area contributed by atoms with Gasteiger partial charge < -0.3 is 19.7 Å². The molecule has 3 aromatic rings. The largest absolute Gasteiger partial charge is 0.497 e. The van der Waals surface area contributed by atoms with Gasteiger partial charge in [0, 0.05) is 72.2 Å². The fraction of sp³-hybridized carbons (Fsp3) is 0.375. The molecule has 1 saturated heterocycles. The number of pyridine rings is 1. The highest BCUT2D eigenvalue weighted by Gasteiger charge is 2.27. The monoisotopic (exact) mass is 417 g/mol. The predicted octanol–water partition coefficient (Wildman–Crippen LogP) is 3.74. The molecule has 31 heavy (non-hydrogen) atoms. The van der Waals surface area contributed by atoms with Crippen molar-refractivity contribution in [1.82, 2.24) is 15.0 Å². The summed E-state index contributed by atoms with van der Waals surface area (Å²) in [5.74, 6) is 3.38. The lowest BCUT2D eigenvalue weighted by Crippen LogP contribution is -2.27. The average Bonchev–Trinajstić information content (AvgIpc) is 3.49. The number of hydrogen-bond donors (Lipinski definition) is 1. The molecule has 1 aliphatic carbocycles. The number of anilines is 2. The van der Waals surface area contributed by atoms with Gasteiger partial charge in [0.05, 0.1) is 14.2 Å². The van der Waals surface area contributed by atoms with Gasteiger partial charge in [0.2, 0.25) is 0 Å². The number of nitrogens with zero attached hydrogens (tertiary/aromatic N) is 4. The maximum absolute atomic E-state index is 5.44. The van der Waals surface area contributed by atoms with Crippen LogP contribution < -0.4 is 19.7 Å². The zero-order valence-electron chi connectivity index (χ0n) is 18.0. The van der Waals surface area contributed by atoms with Crippen LogP contribution in [-0.2, 0) is 12.8 Å². The molecule has 1 N–H and O–H groups in total. The standard InChI is InChI=1S/C24H27N5O2/c1-30-19-12-18(13-20(14-19)31-2)29-11-8-17(15-29)26-24-21-4-3-5-22(21)27-23(28-24)16-6-9-25-10-7-16/h6-7,9-10,12-14,17H,3-5,8,11,15H2,1-2H3,(H,26,27,28). The van der Waals surface area contributed by atoms with Crippen molar-refractivity contribution in [3.05, 3.63) is 54.0 Å². The third kappa shape index (κ3) is 4.00. The molecule has 0 bridgehead atoms. The van der Waals surface area contributed by atoms with Crippen LogP contribution in [0, 0.1) is 0 Å². The predicted molar refractivity (Wildman–Crippen MR) is 121 cm³/mol. The summed E-state index contributed by atoms with van der Waals surface area (Å²) in [6.07, 6.45) is 7.82. The highest BCUT2D eigenvalue weighted by Crippen LogP contribution is 2.33. The van der Waals surface area contributed by atoms with Crippen molar-refractivity contribution in [3.63, 3.8) is 0 Å². The quantitative estimate of drug-likeness (QED) is 0.655. The molecule has 2 aromatic heterocycles. The second kappa shape index (κ2) is 8.41. The molecule has 7 heteroatoms. The van der Waals surface area contributed by atoms with E-state index < -0.39 is 0 Å². The Balaban J connectivity index is 1.37. The van der Waals surface area contributed by atoms with Crippen molar-refractivity contribution in [3.8, 4) is 22.9 Å². The van der Waals surface area contributed by atoms with E-state index in [-0.39, 0.29) is 0 Å². The van der Waals surface area contributed by atoms with Gasteiger partial charge in [0.25, 0.3) is 0 Å². The Morgan fingerprint density at radius 1 is 1.00 bits per heavy atom. The third-order valence-electron chi connectivity index (χ3n) is 6.10. The van der Waals surface area contributed by atoms with Gasteiger partial charge in [-0.2, -0.15) is 0 Å². The number of nitrogens with one attached hydrogen (secondary N) is 1. The molecule has 160 valence electrons. The second-order valence-electron chi connectivity index (χ2n) is 8.06. The van der Waals surface area contributed by atoms with E-state index in [1.165, 1.54) is 11.3 Å². The summed E-state index contributed by atoms with van der Waals surface area (Å²) in [6, 6.07) is 10.3. The first-order valence-electron chi connectivity index (χ1n) is 10.8. The highest BCUT2D eigenvalue weighted by atomic mass is 16.5. The van der Waals surface area contributed by atoms with Crippen LogP contribution in [0.2, 0.25) is 0 Å². The fourth-order valence-corrected chi connectivity index (χ4v) is 4.46. The normalized spacial score (nSPS) is 17.5. The van der Waals surface area contributed by atoms with Gasteiger partial charge in [-0.15, -0.1) is 0 Å². The Kier molecular flexibility index (Phi) is 5.32. The summed E-state index contributed by atoms with van der Waals surface area (Å²) in [7, 11) is 3.37. The molecule has 0 radical (unpaired) electrons. The molecule has 5 rings (SSSR count). The first-order chi connectivity index (χ1) is 15.2. The maximum Gasteiger partial charge on any atom is 0.161 e. The van der Waals surface area contributed by atoms with Crippen LogP contribution in [0.5, 0.6) is 11.5 Å². The molecule has 1 atom stereocenters. The fourth-order valence-electron chi connectivity index (χ4n) is 4.46. The molecule has 3 heterocycles. The van der Waals surface area contributed by atoms with Crippen molar-refractivity contribution in [2.45, 2.75) is 31.7 Å². The van der Waals surface area contributed by atoms with Crippen molar-refractivity contribution in [1.29, 1.82) is 0 Å². The summed E-state index contributed by atoms with van der Waals surface area (Å²) < 4.78 is 10.9. The van der Waals surface area contributed by atoms with Gasteiger partial charge >= 0.3 is 0 Å². The molecule has 2 aliphatic rings. The van der Waals surface area contributed by atoms with E-state index in [0.29, 0.717) is 6.04 Å². The molecular formula is C24H27N5O2. The van der Waals surface area contributed by atoms with Gasteiger partial charge in [-0.1, -0.05) is 0 Å². The first-order valence-corrected chi connectivity index (χ1v) is 10.8. The Bertz CT molecular complexity index is 1050. The zero-order valence-corrected chi connectivity index (χ0v) is 18.0. The van der Waals surface area contributed by atoms with Crippen molar-refractivity contribution >= 4 is 11.5 Å². The maximum atomic E-state index is 5.44. The number of aromatic nitrogens is 3. The Hall–Kier alpha value is -3.35. The number of benzene rings is 1. The summed E-state index contributed by atoms with van der Waals surface area (Å²) in [6.45, 7) is 1.87. The minimum Gasteiger partial charge on any atom is -0.497 e. The molecule has 7 nitrogen and oxygen atoms in total. The molecule has 1 unspecified atom stereocenters. The second-order valence-corrected chi connectivity index (χ2v) is 8.06. The number of rotatable bonds is 6. The minimum absolute atomic E-state index is 0.321. The topological polar surface area (TPSA) is 72.4 Å². The van der Waals surface area contributed by atoms with Gasteiger partial charge in [0.1, 0.15) is 17.3 Å². The van der Waals surface area contributed by atoms with Gasteiger partial charge in [-0.05, 0) is 37.8 Å². The van der Waals surface area contributed by atoms with Crippen LogP contribution in [0.15, 0.2) is 42.7 Å². The van der Waals surface area contributed by atoms with Gasteiger partial charge in [0.15, 0.2) is 5.82 Å². The molecule has 1 fully saturated rings. The molecule has 1 aliphatic heterocycles. The molecule has 1 aromatic carbocycles. The van der Waals surface area contributed by atoms with Crippen molar-refractivity contribution in [2.75, 3.05) is 37.5 Å². The first kappa shape index (κ1) is 19.6. The van der Waals surface area contributed by atoms with Crippen LogP contribution in [0.3, 0.4) is 0 Å². The summed E-state index contributed by atoms with van der Waals surface area (Å²) >= 11 is 0. The van der Waals surface area contributed by atoms with E-state index in [2.05, 4.69) is 27.3 Å². The number of fused-ring (bicyclic) bond motifs is 1.